The van der Waals surface area contributed by atoms with Gasteiger partial charge in [0.25, 0.3) is 0 Å². The predicted molar refractivity (Wildman–Crippen MR) is 112 cm³/mol. The highest BCUT2D eigenvalue weighted by Crippen LogP contribution is 2.33. The number of nitrogens with one attached hydrogen (secondary N) is 1. The van der Waals surface area contributed by atoms with Crippen LogP contribution in [0.3, 0.4) is 0 Å². The zero-order chi connectivity index (χ0) is 22.2. The lowest BCUT2D eigenvalue weighted by molar-refractivity contribution is -0.137. The summed E-state index contributed by atoms with van der Waals surface area (Å²) in [7, 11) is 0. The van der Waals surface area contributed by atoms with Crippen LogP contribution in [0.2, 0.25) is 5.02 Å². The second kappa shape index (κ2) is 8.15. The van der Waals surface area contributed by atoms with E-state index in [2.05, 4.69) is 15.0 Å². The van der Waals surface area contributed by atoms with E-state index in [-0.39, 0.29) is 5.78 Å². The third-order valence-electron chi connectivity index (χ3n) is 5.10. The largest absolute Gasteiger partial charge is 0.416 e. The Hall–Kier alpha value is -3.19. The normalized spacial score (nSPS) is 11.8. The lowest BCUT2D eigenvalue weighted by Gasteiger charge is -2.14. The number of halogens is 4. The van der Waals surface area contributed by atoms with Gasteiger partial charge in [0.05, 0.1) is 28.6 Å². The van der Waals surface area contributed by atoms with Crippen molar-refractivity contribution in [2.45, 2.75) is 25.9 Å². The summed E-state index contributed by atoms with van der Waals surface area (Å²) in [5.41, 5.74) is 2.95. The quantitative estimate of drug-likeness (QED) is 0.384. The van der Waals surface area contributed by atoms with Gasteiger partial charge in [-0.05, 0) is 47.9 Å². The molecule has 0 saturated carbocycles. The molecule has 0 atom stereocenters. The molecule has 4 rings (SSSR count). The zero-order valence-electron chi connectivity index (χ0n) is 16.4. The molecule has 0 saturated heterocycles. The number of aryl methyl sites for hydroxylation is 1. The van der Waals surface area contributed by atoms with E-state index in [1.165, 1.54) is 24.7 Å². The Bertz CT molecular complexity index is 1250. The lowest BCUT2D eigenvalue weighted by Crippen LogP contribution is -2.06. The molecule has 0 amide bonds. The minimum Gasteiger partial charge on any atom is -0.342 e. The number of benzene rings is 2. The number of pyridine rings is 1. The van der Waals surface area contributed by atoms with E-state index in [0.717, 1.165) is 23.4 Å². The predicted octanol–water partition coefficient (Wildman–Crippen LogP) is 6.01. The van der Waals surface area contributed by atoms with E-state index in [1.807, 2.05) is 6.92 Å². The molecule has 0 radical (unpaired) electrons. The fourth-order valence-electron chi connectivity index (χ4n) is 3.48. The number of fused-ring (bicyclic) bond motifs is 1. The van der Waals surface area contributed by atoms with Crippen molar-refractivity contribution >= 4 is 28.3 Å². The van der Waals surface area contributed by atoms with Crippen LogP contribution < -0.4 is 0 Å². The summed E-state index contributed by atoms with van der Waals surface area (Å²) < 4.78 is 38.5. The van der Waals surface area contributed by atoms with Gasteiger partial charge >= 0.3 is 6.18 Å². The van der Waals surface area contributed by atoms with Crippen LogP contribution in [-0.4, -0.2) is 20.7 Å². The highest BCUT2D eigenvalue weighted by Gasteiger charge is 2.30. The van der Waals surface area contributed by atoms with Crippen LogP contribution in [0.25, 0.3) is 10.9 Å². The number of aromatic amines is 1. The number of aromatic nitrogens is 3. The summed E-state index contributed by atoms with van der Waals surface area (Å²) in [6, 6.07) is 10.1. The average molecular weight is 444 g/mol. The van der Waals surface area contributed by atoms with E-state index in [9.17, 15) is 18.0 Å². The first-order valence-electron chi connectivity index (χ1n) is 9.58. The topological polar surface area (TPSA) is 58.6 Å². The molecule has 2 aromatic carbocycles. The van der Waals surface area contributed by atoms with Gasteiger partial charge in [0.1, 0.15) is 5.69 Å². The van der Waals surface area contributed by atoms with Crippen LogP contribution in [0.1, 0.15) is 45.4 Å². The molecule has 158 valence electrons. The number of rotatable bonds is 5. The van der Waals surface area contributed by atoms with Crippen molar-refractivity contribution in [3.63, 3.8) is 0 Å². The number of alkyl halides is 3. The van der Waals surface area contributed by atoms with Crippen LogP contribution >= 0.6 is 11.6 Å². The molecule has 0 aliphatic heterocycles. The SMILES string of the molecule is CCc1nc2ccc(C(=O)c3cnc[nH]3)cc2c(Cl)c1Cc1ccc(C(F)(F)F)cc1. The summed E-state index contributed by atoms with van der Waals surface area (Å²) in [6.07, 6.45) is -0.559. The molecule has 0 fully saturated rings. The Balaban J connectivity index is 1.75. The molecule has 0 spiro atoms. The first kappa shape index (κ1) is 21.1. The van der Waals surface area contributed by atoms with Crippen LogP contribution in [-0.2, 0) is 19.0 Å². The van der Waals surface area contributed by atoms with Gasteiger partial charge in [-0.15, -0.1) is 0 Å². The van der Waals surface area contributed by atoms with Gasteiger partial charge in [-0.25, -0.2) is 4.98 Å². The molecule has 8 heteroatoms. The molecular weight excluding hydrogens is 427 g/mol. The van der Waals surface area contributed by atoms with Crippen LogP contribution in [0.4, 0.5) is 13.2 Å². The van der Waals surface area contributed by atoms with Gasteiger partial charge in [0, 0.05) is 23.1 Å². The number of imidazole rings is 1. The third-order valence-corrected chi connectivity index (χ3v) is 5.54. The first-order chi connectivity index (χ1) is 14.8. The van der Waals surface area contributed by atoms with E-state index in [1.54, 1.807) is 18.2 Å². The molecular formula is C23H17ClF3N3O. The highest BCUT2D eigenvalue weighted by atomic mass is 35.5. The summed E-state index contributed by atoms with van der Waals surface area (Å²) in [4.78, 5) is 24.0. The van der Waals surface area contributed by atoms with Gasteiger partial charge in [-0.3, -0.25) is 9.78 Å². The van der Waals surface area contributed by atoms with Gasteiger partial charge < -0.3 is 4.98 Å². The van der Waals surface area contributed by atoms with Gasteiger partial charge in [-0.2, -0.15) is 13.2 Å². The maximum absolute atomic E-state index is 12.8. The molecule has 0 bridgehead atoms. The molecule has 0 aliphatic rings. The number of hydrogen-bond donors (Lipinski definition) is 1. The average Bonchev–Trinajstić information content (AvgIpc) is 3.29. The molecule has 2 heterocycles. The van der Waals surface area contributed by atoms with E-state index < -0.39 is 11.7 Å². The smallest absolute Gasteiger partial charge is 0.342 e. The van der Waals surface area contributed by atoms with Crippen molar-refractivity contribution < 1.29 is 18.0 Å². The molecule has 31 heavy (non-hydrogen) atoms. The molecule has 1 N–H and O–H groups in total. The summed E-state index contributed by atoms with van der Waals surface area (Å²) in [5.74, 6) is -0.223. The molecule has 0 unspecified atom stereocenters. The zero-order valence-corrected chi connectivity index (χ0v) is 17.2. The van der Waals surface area contributed by atoms with Crippen molar-refractivity contribution in [1.29, 1.82) is 0 Å². The summed E-state index contributed by atoms with van der Waals surface area (Å²) in [5, 5.41) is 1.06. The Kier molecular flexibility index (Phi) is 5.54. The van der Waals surface area contributed by atoms with E-state index in [0.29, 0.717) is 45.6 Å². The molecule has 4 aromatic rings. The molecule has 0 aliphatic carbocycles. The number of H-pyrrole nitrogens is 1. The third kappa shape index (κ3) is 4.18. The maximum Gasteiger partial charge on any atom is 0.416 e. The lowest BCUT2D eigenvalue weighted by atomic mass is 9.97. The second-order valence-electron chi connectivity index (χ2n) is 7.10. The van der Waals surface area contributed by atoms with Crippen molar-refractivity contribution in [3.05, 3.63) is 93.7 Å². The van der Waals surface area contributed by atoms with Gasteiger partial charge in [0.2, 0.25) is 5.78 Å². The standard InChI is InChI=1S/C23H17ClF3N3O/c1-2-18-16(9-13-3-6-15(7-4-13)23(25,26)27)21(24)17-10-14(5-8-19(17)30-18)22(31)20-11-28-12-29-20/h3-8,10-12H,2,9H2,1H3,(H,28,29). The Labute approximate surface area is 181 Å². The fraction of sp³-hybridized carbons (Fsp3) is 0.174. The number of ketones is 1. The van der Waals surface area contributed by atoms with Crippen molar-refractivity contribution in [2.24, 2.45) is 0 Å². The van der Waals surface area contributed by atoms with Gasteiger partial charge in [-0.1, -0.05) is 30.7 Å². The molecule has 4 nitrogen and oxygen atoms in total. The maximum atomic E-state index is 12.8. The number of carbonyl (C=O) groups is 1. The Morgan fingerprint density at radius 1 is 1.13 bits per heavy atom. The van der Waals surface area contributed by atoms with Crippen LogP contribution in [0, 0.1) is 0 Å². The van der Waals surface area contributed by atoms with Crippen molar-refractivity contribution in [2.75, 3.05) is 0 Å². The number of nitrogens with zero attached hydrogens (tertiary/aromatic N) is 2. The monoisotopic (exact) mass is 443 g/mol. The Morgan fingerprint density at radius 2 is 1.87 bits per heavy atom. The van der Waals surface area contributed by atoms with Crippen LogP contribution in [0.15, 0.2) is 55.0 Å². The fourth-order valence-corrected chi connectivity index (χ4v) is 3.80. The second-order valence-corrected chi connectivity index (χ2v) is 7.48. The minimum atomic E-state index is -4.38. The number of hydrogen-bond acceptors (Lipinski definition) is 3. The molecule has 2 aromatic heterocycles. The van der Waals surface area contributed by atoms with Crippen molar-refractivity contribution in [1.82, 2.24) is 15.0 Å². The summed E-state index contributed by atoms with van der Waals surface area (Å²) >= 11 is 6.73. The summed E-state index contributed by atoms with van der Waals surface area (Å²) in [6.45, 7) is 1.94. The number of carbonyl (C=O) groups excluding carboxylic acids is 1. The minimum absolute atomic E-state index is 0.223. The Morgan fingerprint density at radius 3 is 2.48 bits per heavy atom. The van der Waals surface area contributed by atoms with Crippen LogP contribution in [0.5, 0.6) is 0 Å². The highest BCUT2D eigenvalue weighted by molar-refractivity contribution is 6.36. The van der Waals surface area contributed by atoms with E-state index >= 15 is 0 Å². The van der Waals surface area contributed by atoms with Gasteiger partial charge in [0.15, 0.2) is 0 Å². The first-order valence-corrected chi connectivity index (χ1v) is 9.96. The van der Waals surface area contributed by atoms with E-state index in [4.69, 9.17) is 11.6 Å². The van der Waals surface area contributed by atoms with Crippen molar-refractivity contribution in [3.8, 4) is 0 Å².